The first-order chi connectivity index (χ1) is 0. The fourth-order valence-corrected chi connectivity index (χ4v) is 0. The van der Waals surface area contributed by atoms with Gasteiger partial charge >= 0.3 is 60.8 Å². The molecule has 0 fully saturated rings. The Morgan fingerprint density at radius 2 is 1.20 bits per heavy atom. The van der Waals surface area contributed by atoms with Crippen molar-refractivity contribution in [1.29, 1.82) is 0 Å². The van der Waals surface area contributed by atoms with Crippen LogP contribution in [0.15, 0.2) is 0 Å². The molecule has 0 aromatic heterocycles. The minimum absolute atomic E-state index is 0. The normalized spacial score (nSPS) is 0. The Kier molecular flexibility index (Phi) is 202. The molecule has 0 aliphatic carbocycles. The summed E-state index contributed by atoms with van der Waals surface area (Å²) in [5, 5.41) is 0. The van der Waals surface area contributed by atoms with E-state index in [0.29, 0.717) is 0 Å². The third kappa shape index (κ3) is 18.5. The van der Waals surface area contributed by atoms with Gasteiger partial charge in [-0.25, -0.2) is 0 Å². The van der Waals surface area contributed by atoms with Crippen LogP contribution in [0.5, 0.6) is 0 Å². The van der Waals surface area contributed by atoms with E-state index in [1.807, 2.05) is 0 Å². The average molecular weight is 213 g/mol. The fraction of sp³-hybridized carbons (Fsp3) is 0. The van der Waals surface area contributed by atoms with E-state index in [4.69, 9.17) is 0 Å². The van der Waals surface area contributed by atoms with Gasteiger partial charge in [0.1, 0.15) is 0 Å². The van der Waals surface area contributed by atoms with Crippen LogP contribution in [0.25, 0.3) is 0 Å². The molecule has 1 atom stereocenters. The minimum atomic E-state index is 0. The summed E-state index contributed by atoms with van der Waals surface area (Å²) < 4.78 is 0. The second-order valence-corrected chi connectivity index (χ2v) is 0. The Bertz CT molecular complexity index is 20.5. The molecular weight excluding hydrogens is 206 g/mol. The van der Waals surface area contributed by atoms with Crippen LogP contribution in [-0.4, -0.2) is 60.8 Å². The summed E-state index contributed by atoms with van der Waals surface area (Å²) in [7, 11) is 0. The van der Waals surface area contributed by atoms with Crippen LogP contribution in [0.3, 0.4) is 0 Å². The Labute approximate surface area is 109 Å². The SMILES string of the molecule is P.[Ca+2].[Fe].[H-].[H-].[H-].[H-].[Mg+2].[Mn]. The van der Waals surface area contributed by atoms with E-state index in [0.717, 1.165) is 0 Å². The smallest absolute Gasteiger partial charge is 1.00 e. The average Bonchev–Trinajstić information content (AvgIpc) is 0. The van der Waals surface area contributed by atoms with Crippen molar-refractivity contribution in [2.75, 3.05) is 0 Å². The van der Waals surface area contributed by atoms with Crippen LogP contribution < -0.4 is 0 Å². The first-order valence-corrected chi connectivity index (χ1v) is 0. The van der Waals surface area contributed by atoms with Crippen LogP contribution in [0.1, 0.15) is 5.71 Å². The number of hydrogen-bond donors (Lipinski definition) is 0. The second-order valence-electron chi connectivity index (χ2n) is 0. The van der Waals surface area contributed by atoms with Gasteiger partial charge in [0.2, 0.25) is 0 Å². The number of rotatable bonds is 0. The zero-order chi connectivity index (χ0) is 0. The van der Waals surface area contributed by atoms with Crippen LogP contribution in [-0.2, 0) is 34.1 Å². The predicted octanol–water partition coefficient (Wildman–Crippen LogP) is -0.258. The van der Waals surface area contributed by atoms with Gasteiger partial charge in [0, 0.05) is 34.1 Å². The van der Waals surface area contributed by atoms with E-state index in [-0.39, 0.29) is 111 Å². The summed E-state index contributed by atoms with van der Waals surface area (Å²) >= 11 is 0. The van der Waals surface area contributed by atoms with Crippen LogP contribution in [0, 0.1) is 0 Å². The van der Waals surface area contributed by atoms with Gasteiger partial charge in [0.25, 0.3) is 0 Å². The summed E-state index contributed by atoms with van der Waals surface area (Å²) in [6, 6.07) is 0. The number of hydrogen-bond acceptors (Lipinski definition) is 0. The molecule has 0 aromatic rings. The minimum Gasteiger partial charge on any atom is -1.00 e. The van der Waals surface area contributed by atoms with Gasteiger partial charge < -0.3 is 5.71 Å². The molecule has 0 spiro atoms. The first-order valence-electron chi connectivity index (χ1n) is 0. The predicted molar refractivity (Wildman–Crippen MR) is 27.1 cm³/mol. The zero-order valence-corrected chi connectivity index (χ0v) is 10.2. The Morgan fingerprint density at radius 3 is 1.20 bits per heavy atom. The molecule has 31 valence electrons. The molecule has 0 aromatic carbocycles. The van der Waals surface area contributed by atoms with Crippen molar-refractivity contribution >= 4 is 70.7 Å². The van der Waals surface area contributed by atoms with Gasteiger partial charge in [-0.2, -0.15) is 9.90 Å². The molecule has 1 radical (unpaired) electrons. The molecule has 0 aliphatic heterocycles. The summed E-state index contributed by atoms with van der Waals surface area (Å²) in [5.41, 5.74) is 0. The maximum atomic E-state index is 0. The topological polar surface area (TPSA) is 0 Å². The van der Waals surface area contributed by atoms with E-state index in [2.05, 4.69) is 0 Å². The third-order valence-corrected chi connectivity index (χ3v) is 0. The van der Waals surface area contributed by atoms with Crippen molar-refractivity contribution in [2.45, 2.75) is 0 Å². The molecular formula is H7CaFeMgMnP. The largest absolute Gasteiger partial charge is 2.00 e. The molecule has 0 nitrogen and oxygen atoms in total. The molecule has 0 N–H and O–H groups in total. The molecule has 0 saturated heterocycles. The Morgan fingerprint density at radius 1 is 1.20 bits per heavy atom. The molecule has 0 saturated carbocycles. The molecule has 5 heteroatoms. The monoisotopic (exact) mass is 213 g/mol. The van der Waals surface area contributed by atoms with E-state index < -0.39 is 0 Å². The van der Waals surface area contributed by atoms with Gasteiger partial charge in [0.15, 0.2) is 0 Å². The van der Waals surface area contributed by atoms with Crippen molar-refractivity contribution in [1.82, 2.24) is 0 Å². The van der Waals surface area contributed by atoms with E-state index in [9.17, 15) is 0 Å². The Balaban J connectivity index is 0. The van der Waals surface area contributed by atoms with Crippen molar-refractivity contribution in [2.24, 2.45) is 0 Å². The standard InChI is InChI=1S/Ca.Fe.Mg.Mn.H3P.4H/h;;;;1H3;;;;/q+2;;+2;;;4*-1. The molecule has 0 aliphatic rings. The molecule has 0 heterocycles. The molecule has 0 rings (SSSR count). The maximum absolute atomic E-state index is 0. The van der Waals surface area contributed by atoms with Gasteiger partial charge in [-0.05, 0) is 0 Å². The van der Waals surface area contributed by atoms with Gasteiger partial charge in [-0.3, -0.25) is 0 Å². The summed E-state index contributed by atoms with van der Waals surface area (Å²) in [5.74, 6) is 0. The fourth-order valence-electron chi connectivity index (χ4n) is 0. The van der Waals surface area contributed by atoms with Gasteiger partial charge in [0.05, 0.1) is 0 Å². The Hall–Kier alpha value is 3.49. The van der Waals surface area contributed by atoms with E-state index in [1.54, 1.807) is 0 Å². The first kappa shape index (κ1) is 39.1. The molecule has 1 unspecified atom stereocenters. The van der Waals surface area contributed by atoms with E-state index in [1.165, 1.54) is 0 Å². The molecule has 5 heavy (non-hydrogen) atoms. The maximum Gasteiger partial charge on any atom is 2.00 e. The van der Waals surface area contributed by atoms with Crippen molar-refractivity contribution in [3.8, 4) is 0 Å². The molecule has 0 amide bonds. The van der Waals surface area contributed by atoms with Crippen LogP contribution >= 0.6 is 9.90 Å². The van der Waals surface area contributed by atoms with Crippen LogP contribution in [0.4, 0.5) is 0 Å². The summed E-state index contributed by atoms with van der Waals surface area (Å²) in [6.45, 7) is 0. The quantitative estimate of drug-likeness (QED) is 0.384. The molecule has 0 bridgehead atoms. The van der Waals surface area contributed by atoms with Crippen molar-refractivity contribution < 1.29 is 39.8 Å². The van der Waals surface area contributed by atoms with E-state index >= 15 is 0 Å². The third-order valence-electron chi connectivity index (χ3n) is 0. The van der Waals surface area contributed by atoms with Crippen molar-refractivity contribution in [3.05, 3.63) is 0 Å². The van der Waals surface area contributed by atoms with Gasteiger partial charge in [-0.15, -0.1) is 0 Å². The summed E-state index contributed by atoms with van der Waals surface area (Å²) in [4.78, 5) is 0. The zero-order valence-electron chi connectivity index (χ0n) is 6.85. The van der Waals surface area contributed by atoms with Gasteiger partial charge in [-0.1, -0.05) is 0 Å². The van der Waals surface area contributed by atoms with Crippen molar-refractivity contribution in [3.63, 3.8) is 0 Å². The summed E-state index contributed by atoms with van der Waals surface area (Å²) in [6.07, 6.45) is 0. The van der Waals surface area contributed by atoms with Crippen LogP contribution in [0.2, 0.25) is 0 Å². The second kappa shape index (κ2) is 25.9.